The van der Waals surface area contributed by atoms with Crippen molar-refractivity contribution in [1.29, 1.82) is 0 Å². The van der Waals surface area contributed by atoms with Crippen LogP contribution in [0.2, 0.25) is 0 Å². The van der Waals surface area contributed by atoms with Crippen molar-refractivity contribution in [2.75, 3.05) is 25.0 Å². The highest BCUT2D eigenvalue weighted by Crippen LogP contribution is 2.34. The summed E-state index contributed by atoms with van der Waals surface area (Å²) in [5.74, 6) is -0.887. The summed E-state index contributed by atoms with van der Waals surface area (Å²) >= 11 is 0. The highest BCUT2D eigenvalue weighted by atomic mass is 19.1. The molecule has 1 aromatic carbocycles. The van der Waals surface area contributed by atoms with Gasteiger partial charge in [0.15, 0.2) is 0 Å². The summed E-state index contributed by atoms with van der Waals surface area (Å²) in [7, 11) is 0. The molecular formula is C22H25FN4O2. The fourth-order valence-corrected chi connectivity index (χ4v) is 3.49. The summed E-state index contributed by atoms with van der Waals surface area (Å²) in [5.41, 5.74) is 4.09. The zero-order valence-electron chi connectivity index (χ0n) is 16.9. The molecule has 0 saturated heterocycles. The van der Waals surface area contributed by atoms with Crippen molar-refractivity contribution in [2.24, 2.45) is 0 Å². The third kappa shape index (κ3) is 4.08. The third-order valence-corrected chi connectivity index (χ3v) is 5.11. The van der Waals surface area contributed by atoms with Crippen molar-refractivity contribution in [3.8, 4) is 0 Å². The Balaban J connectivity index is 1.84. The summed E-state index contributed by atoms with van der Waals surface area (Å²) in [4.78, 5) is 30.2. The lowest BCUT2D eigenvalue weighted by molar-refractivity contribution is -0.110. The van der Waals surface area contributed by atoms with Crippen LogP contribution >= 0.6 is 0 Å². The van der Waals surface area contributed by atoms with Crippen LogP contribution < -0.4 is 10.6 Å². The molecule has 0 unspecified atom stereocenters. The minimum Gasteiger partial charge on any atom is -0.376 e. The van der Waals surface area contributed by atoms with Crippen molar-refractivity contribution in [3.05, 3.63) is 64.9 Å². The van der Waals surface area contributed by atoms with E-state index in [0.29, 0.717) is 46.9 Å². The van der Waals surface area contributed by atoms with E-state index in [4.69, 9.17) is 0 Å². The second kappa shape index (κ2) is 8.34. The van der Waals surface area contributed by atoms with Crippen LogP contribution in [-0.4, -0.2) is 41.3 Å². The van der Waals surface area contributed by atoms with Crippen LogP contribution in [0.4, 0.5) is 10.1 Å². The Hall–Kier alpha value is -3.35. The number of aromatic amines is 1. The summed E-state index contributed by atoms with van der Waals surface area (Å²) in [6.45, 7) is 11.4. The molecule has 0 atom stereocenters. The van der Waals surface area contributed by atoms with Crippen LogP contribution in [0.15, 0.2) is 31.0 Å². The second-order valence-corrected chi connectivity index (χ2v) is 6.93. The SMILES string of the molecule is C=CN(CC)CCNC(=O)c1c(C)[nH]c(/C=C2\C(=O)Nc3ccc(F)cc32)c1C. The van der Waals surface area contributed by atoms with Crippen LogP contribution in [0.25, 0.3) is 11.6 Å². The van der Waals surface area contributed by atoms with Gasteiger partial charge in [0.2, 0.25) is 0 Å². The van der Waals surface area contributed by atoms with Gasteiger partial charge < -0.3 is 20.5 Å². The summed E-state index contributed by atoms with van der Waals surface area (Å²) in [5, 5.41) is 5.65. The summed E-state index contributed by atoms with van der Waals surface area (Å²) < 4.78 is 13.6. The van der Waals surface area contributed by atoms with Gasteiger partial charge in [0.25, 0.3) is 11.8 Å². The molecule has 29 heavy (non-hydrogen) atoms. The average molecular weight is 396 g/mol. The predicted molar refractivity (Wildman–Crippen MR) is 113 cm³/mol. The van der Waals surface area contributed by atoms with Gasteiger partial charge in [0, 0.05) is 42.3 Å². The molecule has 0 bridgehead atoms. The van der Waals surface area contributed by atoms with Gasteiger partial charge in [-0.2, -0.15) is 0 Å². The largest absolute Gasteiger partial charge is 0.376 e. The summed E-state index contributed by atoms with van der Waals surface area (Å²) in [6, 6.07) is 4.18. The van der Waals surface area contributed by atoms with E-state index < -0.39 is 5.82 Å². The molecule has 2 aromatic rings. The molecule has 0 saturated carbocycles. The van der Waals surface area contributed by atoms with Crippen molar-refractivity contribution in [1.82, 2.24) is 15.2 Å². The molecule has 0 aliphatic carbocycles. The molecule has 1 aliphatic rings. The standard InChI is InChI=1S/C22H25FN4O2/c1-5-27(6-2)10-9-24-22(29)20-13(3)19(25-14(20)4)12-17-16-11-15(23)7-8-18(16)26-21(17)28/h5,7-8,11-12,25H,1,6,9-10H2,2-4H3,(H,24,29)(H,26,28)/b17-12-. The van der Waals surface area contributed by atoms with E-state index in [-0.39, 0.29) is 11.8 Å². The lowest BCUT2D eigenvalue weighted by Gasteiger charge is -2.17. The number of nitrogens with one attached hydrogen (secondary N) is 3. The third-order valence-electron chi connectivity index (χ3n) is 5.11. The number of likely N-dealkylation sites (N-methyl/N-ethyl adjacent to an activating group) is 1. The topological polar surface area (TPSA) is 77.2 Å². The van der Waals surface area contributed by atoms with E-state index in [1.807, 2.05) is 25.7 Å². The maximum atomic E-state index is 13.6. The maximum absolute atomic E-state index is 13.6. The van der Waals surface area contributed by atoms with Crippen molar-refractivity contribution >= 4 is 29.2 Å². The van der Waals surface area contributed by atoms with Gasteiger partial charge in [0.1, 0.15) is 5.82 Å². The molecule has 7 heteroatoms. The number of nitrogens with zero attached hydrogens (tertiary/aromatic N) is 1. The van der Waals surface area contributed by atoms with Crippen LogP contribution in [0.5, 0.6) is 0 Å². The van der Waals surface area contributed by atoms with Gasteiger partial charge >= 0.3 is 0 Å². The molecule has 6 nitrogen and oxygen atoms in total. The molecule has 0 spiro atoms. The fraction of sp³-hybridized carbons (Fsp3) is 0.273. The number of anilines is 1. The highest BCUT2D eigenvalue weighted by molar-refractivity contribution is 6.34. The van der Waals surface area contributed by atoms with Crippen LogP contribution in [-0.2, 0) is 4.79 Å². The lowest BCUT2D eigenvalue weighted by Crippen LogP contribution is -2.32. The first kappa shape index (κ1) is 20.4. The Bertz CT molecular complexity index is 1010. The number of hydrogen-bond donors (Lipinski definition) is 3. The molecule has 3 N–H and O–H groups in total. The Morgan fingerprint density at radius 3 is 2.79 bits per heavy atom. The summed E-state index contributed by atoms with van der Waals surface area (Å²) in [6.07, 6.45) is 3.41. The van der Waals surface area contributed by atoms with Gasteiger partial charge in [-0.1, -0.05) is 6.58 Å². The number of aromatic nitrogens is 1. The molecule has 2 heterocycles. The fourth-order valence-electron chi connectivity index (χ4n) is 3.49. The first-order valence-electron chi connectivity index (χ1n) is 9.52. The predicted octanol–water partition coefficient (Wildman–Crippen LogP) is 3.46. The highest BCUT2D eigenvalue weighted by Gasteiger charge is 2.26. The van der Waals surface area contributed by atoms with Gasteiger partial charge in [0.05, 0.1) is 11.1 Å². The van der Waals surface area contributed by atoms with E-state index in [1.165, 1.54) is 18.2 Å². The van der Waals surface area contributed by atoms with E-state index in [2.05, 4.69) is 22.2 Å². The molecule has 0 fully saturated rings. The molecule has 2 amide bonds. The molecule has 152 valence electrons. The molecule has 3 rings (SSSR count). The molecular weight excluding hydrogens is 371 g/mol. The van der Waals surface area contributed by atoms with Gasteiger partial charge in [-0.15, -0.1) is 0 Å². The van der Waals surface area contributed by atoms with E-state index in [0.717, 1.165) is 12.1 Å². The van der Waals surface area contributed by atoms with Gasteiger partial charge in [-0.25, -0.2) is 4.39 Å². The Morgan fingerprint density at radius 1 is 1.34 bits per heavy atom. The quantitative estimate of drug-likeness (QED) is 0.628. The number of fused-ring (bicyclic) bond motifs is 1. The second-order valence-electron chi connectivity index (χ2n) is 6.93. The van der Waals surface area contributed by atoms with Crippen LogP contribution in [0.3, 0.4) is 0 Å². The van der Waals surface area contributed by atoms with Crippen molar-refractivity contribution < 1.29 is 14.0 Å². The number of hydrogen-bond acceptors (Lipinski definition) is 3. The first-order valence-corrected chi connectivity index (χ1v) is 9.52. The monoisotopic (exact) mass is 396 g/mol. The van der Waals surface area contributed by atoms with E-state index >= 15 is 0 Å². The van der Waals surface area contributed by atoms with Gasteiger partial charge in [-0.05, 0) is 56.8 Å². The number of amides is 2. The number of benzene rings is 1. The van der Waals surface area contributed by atoms with Gasteiger partial charge in [-0.3, -0.25) is 9.59 Å². The van der Waals surface area contributed by atoms with E-state index in [1.54, 1.807) is 12.3 Å². The number of carbonyl (C=O) groups is 2. The minimum atomic E-state index is -0.411. The zero-order chi connectivity index (χ0) is 21.1. The Morgan fingerprint density at radius 2 is 2.10 bits per heavy atom. The smallest absolute Gasteiger partial charge is 0.256 e. The van der Waals surface area contributed by atoms with Crippen molar-refractivity contribution in [3.63, 3.8) is 0 Å². The first-order chi connectivity index (χ1) is 13.8. The number of aryl methyl sites for hydroxylation is 1. The number of halogens is 1. The maximum Gasteiger partial charge on any atom is 0.256 e. The number of rotatable bonds is 7. The Labute approximate surface area is 169 Å². The number of H-pyrrole nitrogens is 1. The van der Waals surface area contributed by atoms with Crippen molar-refractivity contribution in [2.45, 2.75) is 20.8 Å². The molecule has 1 aromatic heterocycles. The van der Waals surface area contributed by atoms with E-state index in [9.17, 15) is 14.0 Å². The lowest BCUT2D eigenvalue weighted by atomic mass is 10.0. The minimum absolute atomic E-state index is 0.177. The zero-order valence-corrected chi connectivity index (χ0v) is 16.9. The number of carbonyl (C=O) groups excluding carboxylic acids is 2. The average Bonchev–Trinajstić information content (AvgIpc) is 3.14. The molecule has 1 aliphatic heterocycles. The normalized spacial score (nSPS) is 13.9. The Kier molecular flexibility index (Phi) is 5.87. The van der Waals surface area contributed by atoms with Crippen LogP contribution in [0.1, 0.15) is 39.8 Å². The van der Waals surface area contributed by atoms with Crippen LogP contribution in [0, 0.1) is 19.7 Å². The molecule has 0 radical (unpaired) electrons.